The SMILES string of the molecule is CCCCCC/C=C\C/C=C\CCCCCCCC(=O)OC(COC(=O)CCCCCCCCCCCCCC/C=C\C/C=C\C/C=C\CCCCCCC)COC(=O)CCCCCCCCCCCCCCCCCC. The van der Waals surface area contributed by atoms with Crippen molar-refractivity contribution in [3.8, 4) is 0 Å². The van der Waals surface area contributed by atoms with Crippen LogP contribution in [0.25, 0.3) is 0 Å². The minimum absolute atomic E-state index is 0.0765. The lowest BCUT2D eigenvalue weighted by molar-refractivity contribution is -0.167. The first-order valence-electron chi connectivity index (χ1n) is 33.8. The van der Waals surface area contributed by atoms with Crippen LogP contribution in [0.15, 0.2) is 60.8 Å². The maximum absolute atomic E-state index is 12.9. The number of esters is 3. The number of carbonyl (C=O) groups excluding carboxylic acids is 3. The molecule has 6 heteroatoms. The van der Waals surface area contributed by atoms with Crippen molar-refractivity contribution in [2.75, 3.05) is 13.2 Å². The number of ether oxygens (including phenoxy) is 3. The lowest BCUT2D eigenvalue weighted by atomic mass is 10.0. The van der Waals surface area contributed by atoms with Crippen LogP contribution in [0.3, 0.4) is 0 Å². The zero-order valence-corrected chi connectivity index (χ0v) is 51.5. The Balaban J connectivity index is 4.29. The summed E-state index contributed by atoms with van der Waals surface area (Å²) in [4.78, 5) is 38.4. The van der Waals surface area contributed by atoms with E-state index in [4.69, 9.17) is 14.2 Å². The van der Waals surface area contributed by atoms with Gasteiger partial charge in [-0.05, 0) is 89.9 Å². The molecule has 0 spiro atoms. The van der Waals surface area contributed by atoms with Crippen molar-refractivity contribution in [1.82, 2.24) is 0 Å². The normalized spacial score (nSPS) is 12.4. The Bertz CT molecular complexity index is 1380. The first-order chi connectivity index (χ1) is 38.0. The molecule has 0 aromatic rings. The first kappa shape index (κ1) is 74.1. The van der Waals surface area contributed by atoms with Crippen LogP contribution in [0.2, 0.25) is 0 Å². The summed E-state index contributed by atoms with van der Waals surface area (Å²) < 4.78 is 17.0. The molecule has 448 valence electrons. The van der Waals surface area contributed by atoms with Gasteiger partial charge >= 0.3 is 17.9 Å². The van der Waals surface area contributed by atoms with Crippen LogP contribution in [0.5, 0.6) is 0 Å². The molecule has 0 rings (SSSR count). The summed E-state index contributed by atoms with van der Waals surface area (Å²) in [5.41, 5.74) is 0. The molecule has 77 heavy (non-hydrogen) atoms. The second-order valence-corrected chi connectivity index (χ2v) is 22.7. The highest BCUT2D eigenvalue weighted by Gasteiger charge is 2.19. The molecule has 0 heterocycles. The molecule has 0 aliphatic carbocycles. The Kier molecular flexibility index (Phi) is 63.2. The van der Waals surface area contributed by atoms with Gasteiger partial charge in [-0.3, -0.25) is 14.4 Å². The second-order valence-electron chi connectivity index (χ2n) is 22.7. The van der Waals surface area contributed by atoms with E-state index in [1.807, 2.05) is 0 Å². The predicted molar refractivity (Wildman–Crippen MR) is 335 cm³/mol. The molecule has 0 amide bonds. The van der Waals surface area contributed by atoms with Crippen molar-refractivity contribution in [2.45, 2.75) is 361 Å². The third kappa shape index (κ3) is 63.8. The fraction of sp³-hybridized carbons (Fsp3) is 0.817. The number of carbonyl (C=O) groups is 3. The van der Waals surface area contributed by atoms with E-state index in [1.165, 1.54) is 218 Å². The molecule has 1 unspecified atom stereocenters. The third-order valence-electron chi connectivity index (χ3n) is 15.0. The molecular weight excluding hydrogens is 949 g/mol. The number of rotatable bonds is 62. The highest BCUT2D eigenvalue weighted by Crippen LogP contribution is 2.17. The van der Waals surface area contributed by atoms with E-state index >= 15 is 0 Å². The number of unbranched alkanes of at least 4 members (excludes halogenated alkanes) is 41. The molecule has 0 saturated carbocycles. The van der Waals surface area contributed by atoms with Crippen LogP contribution < -0.4 is 0 Å². The Morgan fingerprint density at radius 2 is 0.468 bits per heavy atom. The predicted octanol–water partition coefficient (Wildman–Crippen LogP) is 23.1. The van der Waals surface area contributed by atoms with Crippen molar-refractivity contribution >= 4 is 17.9 Å². The monoisotopic (exact) mass is 1080 g/mol. The van der Waals surface area contributed by atoms with Crippen LogP contribution in [0.1, 0.15) is 355 Å². The van der Waals surface area contributed by atoms with Crippen LogP contribution in [0.4, 0.5) is 0 Å². The van der Waals surface area contributed by atoms with Crippen LogP contribution >= 0.6 is 0 Å². The summed E-state index contributed by atoms with van der Waals surface area (Å²) >= 11 is 0. The van der Waals surface area contributed by atoms with Crippen molar-refractivity contribution < 1.29 is 28.6 Å². The van der Waals surface area contributed by atoms with Crippen LogP contribution in [-0.4, -0.2) is 37.2 Å². The fourth-order valence-corrected chi connectivity index (χ4v) is 9.89. The standard InChI is InChI=1S/C71H128O6/c1-4-7-10-13-16-19-22-25-28-31-32-33-34-35-36-37-38-39-40-41-44-46-49-52-55-58-61-64-70(73)76-67-68(77-71(74)65-62-59-56-53-50-47-43-30-27-24-21-18-15-12-9-6-3)66-75-69(72)63-60-57-54-51-48-45-42-29-26-23-20-17-14-11-8-5-2/h21-22,24-25,30-32,34-35,43,68H,4-20,23,26-29,33,36-42,44-67H2,1-3H3/b24-21-,25-22-,32-31-,35-34-,43-30-. The number of allylic oxidation sites excluding steroid dienone is 10. The van der Waals surface area contributed by atoms with E-state index in [2.05, 4.69) is 81.5 Å². The number of hydrogen-bond donors (Lipinski definition) is 0. The summed E-state index contributed by atoms with van der Waals surface area (Å²) in [5, 5.41) is 0. The van der Waals surface area contributed by atoms with Crippen molar-refractivity contribution in [2.24, 2.45) is 0 Å². The first-order valence-corrected chi connectivity index (χ1v) is 33.8. The van der Waals surface area contributed by atoms with Gasteiger partial charge in [-0.25, -0.2) is 0 Å². The van der Waals surface area contributed by atoms with E-state index in [-0.39, 0.29) is 31.1 Å². The molecule has 6 nitrogen and oxygen atoms in total. The lowest BCUT2D eigenvalue weighted by Crippen LogP contribution is -2.30. The molecule has 0 radical (unpaired) electrons. The highest BCUT2D eigenvalue weighted by molar-refractivity contribution is 5.71. The summed E-state index contributed by atoms with van der Waals surface area (Å²) in [6.45, 7) is 6.65. The van der Waals surface area contributed by atoms with Gasteiger partial charge in [0.15, 0.2) is 6.10 Å². The fourth-order valence-electron chi connectivity index (χ4n) is 9.89. The van der Waals surface area contributed by atoms with Gasteiger partial charge < -0.3 is 14.2 Å². The van der Waals surface area contributed by atoms with Gasteiger partial charge in [-0.15, -0.1) is 0 Å². The van der Waals surface area contributed by atoms with Gasteiger partial charge in [0.1, 0.15) is 13.2 Å². The Labute approximate surface area is 479 Å². The van der Waals surface area contributed by atoms with Crippen molar-refractivity contribution in [3.05, 3.63) is 60.8 Å². The summed E-state index contributed by atoms with van der Waals surface area (Å²) in [6, 6.07) is 0. The molecule has 0 aromatic heterocycles. The van der Waals surface area contributed by atoms with Crippen LogP contribution in [0, 0.1) is 0 Å². The molecule has 0 saturated heterocycles. The molecule has 0 N–H and O–H groups in total. The van der Waals surface area contributed by atoms with E-state index in [0.717, 1.165) is 96.3 Å². The Hall–Kier alpha value is -2.89. The maximum atomic E-state index is 12.9. The molecule has 0 aliphatic rings. The molecular formula is C71H128O6. The average molecular weight is 1080 g/mol. The van der Waals surface area contributed by atoms with E-state index in [0.29, 0.717) is 19.3 Å². The van der Waals surface area contributed by atoms with Crippen molar-refractivity contribution in [1.29, 1.82) is 0 Å². The maximum Gasteiger partial charge on any atom is 0.306 e. The molecule has 0 fully saturated rings. The van der Waals surface area contributed by atoms with Crippen LogP contribution in [-0.2, 0) is 28.6 Å². The van der Waals surface area contributed by atoms with Gasteiger partial charge in [-0.2, -0.15) is 0 Å². The lowest BCUT2D eigenvalue weighted by Gasteiger charge is -2.18. The van der Waals surface area contributed by atoms with Gasteiger partial charge in [0, 0.05) is 19.3 Å². The highest BCUT2D eigenvalue weighted by atomic mass is 16.6. The number of hydrogen-bond acceptors (Lipinski definition) is 6. The molecule has 0 aliphatic heterocycles. The smallest absolute Gasteiger partial charge is 0.306 e. The van der Waals surface area contributed by atoms with Gasteiger partial charge in [0.2, 0.25) is 0 Å². The van der Waals surface area contributed by atoms with E-state index < -0.39 is 6.10 Å². The van der Waals surface area contributed by atoms with E-state index in [9.17, 15) is 14.4 Å². The summed E-state index contributed by atoms with van der Waals surface area (Å²) in [6.07, 6.45) is 83.7. The third-order valence-corrected chi connectivity index (χ3v) is 15.0. The zero-order valence-electron chi connectivity index (χ0n) is 51.5. The summed E-state index contributed by atoms with van der Waals surface area (Å²) in [5.74, 6) is -0.871. The second kappa shape index (κ2) is 65.6. The molecule has 1 atom stereocenters. The van der Waals surface area contributed by atoms with Gasteiger partial charge in [0.25, 0.3) is 0 Å². The van der Waals surface area contributed by atoms with Gasteiger partial charge in [-0.1, -0.05) is 306 Å². The largest absolute Gasteiger partial charge is 0.462 e. The zero-order chi connectivity index (χ0) is 55.7. The molecule has 0 aromatic carbocycles. The Morgan fingerprint density at radius 3 is 0.740 bits per heavy atom. The average Bonchev–Trinajstić information content (AvgIpc) is 3.43. The summed E-state index contributed by atoms with van der Waals surface area (Å²) in [7, 11) is 0. The van der Waals surface area contributed by atoms with Crippen molar-refractivity contribution in [3.63, 3.8) is 0 Å². The minimum Gasteiger partial charge on any atom is -0.462 e. The van der Waals surface area contributed by atoms with Gasteiger partial charge in [0.05, 0.1) is 0 Å². The topological polar surface area (TPSA) is 78.9 Å². The quantitative estimate of drug-likeness (QED) is 0.0261. The Morgan fingerprint density at radius 1 is 0.260 bits per heavy atom. The minimum atomic E-state index is -0.781. The van der Waals surface area contributed by atoms with E-state index in [1.54, 1.807) is 0 Å². The molecule has 0 bridgehead atoms.